The number of cyclic esters (lactones) is 1. The molecule has 3 aromatic carbocycles. The van der Waals surface area contributed by atoms with Crippen LogP contribution in [0.2, 0.25) is 10.0 Å². The molecule has 0 spiro atoms. The van der Waals surface area contributed by atoms with Gasteiger partial charge in [-0.3, -0.25) is 4.79 Å². The SMILES string of the molecule is CC(=O)Nc1ccc(C2=N/C(=C\c3cc(Br)c(OCc4ccc(Cl)c(Cl)c4)c(Br)c3)C(=O)O2)cc1. The molecule has 3 aromatic rings. The van der Waals surface area contributed by atoms with Crippen LogP contribution in [0.25, 0.3) is 6.08 Å². The monoisotopic (exact) mass is 636 g/mol. The fraction of sp³-hybridized carbons (Fsp3) is 0.0800. The topological polar surface area (TPSA) is 77.0 Å². The van der Waals surface area contributed by atoms with E-state index in [0.717, 1.165) is 5.56 Å². The minimum Gasteiger partial charge on any atom is -0.487 e. The van der Waals surface area contributed by atoms with E-state index >= 15 is 0 Å². The Morgan fingerprint density at radius 1 is 1.06 bits per heavy atom. The van der Waals surface area contributed by atoms with Gasteiger partial charge in [0.25, 0.3) is 0 Å². The number of carbonyl (C=O) groups excluding carboxylic acids is 2. The summed E-state index contributed by atoms with van der Waals surface area (Å²) in [5.74, 6) is 0.0554. The molecule has 1 heterocycles. The van der Waals surface area contributed by atoms with Crippen LogP contribution in [0.15, 0.2) is 74.2 Å². The quantitative estimate of drug-likeness (QED) is 0.226. The number of amides is 1. The summed E-state index contributed by atoms with van der Waals surface area (Å²) in [6.45, 7) is 1.72. The standard InChI is InChI=1S/C25H16Br2Cl2N2O4/c1-13(32)30-17-5-3-16(4-6-17)24-31-22(25(33)35-24)11-15-8-18(26)23(19(27)9-15)34-12-14-2-7-20(28)21(29)10-14/h2-11H,12H2,1H3,(H,30,32)/b22-11-. The van der Waals surface area contributed by atoms with Crippen LogP contribution in [0.3, 0.4) is 0 Å². The van der Waals surface area contributed by atoms with Crippen LogP contribution >= 0.6 is 55.1 Å². The van der Waals surface area contributed by atoms with E-state index in [4.69, 9.17) is 32.7 Å². The smallest absolute Gasteiger partial charge is 0.363 e. The van der Waals surface area contributed by atoms with Crippen molar-refractivity contribution in [1.29, 1.82) is 0 Å². The number of rotatable bonds is 6. The van der Waals surface area contributed by atoms with Crippen molar-refractivity contribution in [2.45, 2.75) is 13.5 Å². The van der Waals surface area contributed by atoms with Crippen molar-refractivity contribution >= 4 is 84.6 Å². The lowest BCUT2D eigenvalue weighted by Crippen LogP contribution is -2.07. The molecule has 0 aromatic heterocycles. The summed E-state index contributed by atoms with van der Waals surface area (Å²) in [7, 11) is 0. The zero-order valence-electron chi connectivity index (χ0n) is 18.1. The van der Waals surface area contributed by atoms with Gasteiger partial charge >= 0.3 is 5.97 Å². The number of hydrogen-bond donors (Lipinski definition) is 1. The Labute approximate surface area is 228 Å². The van der Waals surface area contributed by atoms with Crippen molar-refractivity contribution < 1.29 is 19.1 Å². The number of carbonyl (C=O) groups is 2. The normalized spacial score (nSPS) is 14.0. The lowest BCUT2D eigenvalue weighted by Gasteiger charge is -2.12. The van der Waals surface area contributed by atoms with Gasteiger partial charge in [-0.25, -0.2) is 9.79 Å². The molecular weight excluding hydrogens is 623 g/mol. The minimum absolute atomic E-state index is 0.161. The summed E-state index contributed by atoms with van der Waals surface area (Å²) < 4.78 is 12.6. The van der Waals surface area contributed by atoms with E-state index in [-0.39, 0.29) is 24.1 Å². The molecule has 0 saturated heterocycles. The van der Waals surface area contributed by atoms with Gasteiger partial charge < -0.3 is 14.8 Å². The van der Waals surface area contributed by atoms with Crippen LogP contribution in [0.5, 0.6) is 5.75 Å². The van der Waals surface area contributed by atoms with Crippen LogP contribution in [-0.4, -0.2) is 17.8 Å². The van der Waals surface area contributed by atoms with E-state index < -0.39 is 5.97 Å². The van der Waals surface area contributed by atoms with Gasteiger partial charge in [0.2, 0.25) is 11.8 Å². The number of aliphatic imine (C=N–C) groups is 1. The fourth-order valence-corrected chi connectivity index (χ4v) is 4.95. The number of nitrogens with one attached hydrogen (secondary N) is 1. The molecule has 0 fully saturated rings. The summed E-state index contributed by atoms with van der Waals surface area (Å²) in [5, 5.41) is 3.62. The fourth-order valence-electron chi connectivity index (χ4n) is 3.18. The van der Waals surface area contributed by atoms with E-state index in [2.05, 4.69) is 42.2 Å². The number of nitrogens with zero attached hydrogens (tertiary/aromatic N) is 1. The van der Waals surface area contributed by atoms with Gasteiger partial charge in [0.05, 0.1) is 19.0 Å². The minimum atomic E-state index is -0.557. The maximum Gasteiger partial charge on any atom is 0.363 e. The van der Waals surface area contributed by atoms with Gasteiger partial charge in [0, 0.05) is 18.2 Å². The van der Waals surface area contributed by atoms with Crippen LogP contribution in [0.1, 0.15) is 23.6 Å². The number of halogens is 4. The first-order valence-electron chi connectivity index (χ1n) is 10.2. The van der Waals surface area contributed by atoms with Crippen molar-refractivity contribution in [3.63, 3.8) is 0 Å². The Morgan fingerprint density at radius 2 is 1.74 bits per heavy atom. The molecule has 0 unspecified atom stereocenters. The molecule has 1 N–H and O–H groups in total. The van der Waals surface area contributed by atoms with Gasteiger partial charge in [0.1, 0.15) is 12.4 Å². The second-order valence-electron chi connectivity index (χ2n) is 7.45. The van der Waals surface area contributed by atoms with Gasteiger partial charge in [-0.1, -0.05) is 29.3 Å². The Kier molecular flexibility index (Phi) is 7.96. The van der Waals surface area contributed by atoms with Crippen LogP contribution < -0.4 is 10.1 Å². The molecule has 0 atom stereocenters. The summed E-state index contributed by atoms with van der Waals surface area (Å²) >= 11 is 19.1. The molecule has 0 bridgehead atoms. The number of benzene rings is 3. The molecule has 4 rings (SSSR count). The highest BCUT2D eigenvalue weighted by atomic mass is 79.9. The van der Waals surface area contributed by atoms with E-state index in [1.54, 1.807) is 42.5 Å². The lowest BCUT2D eigenvalue weighted by atomic mass is 10.2. The van der Waals surface area contributed by atoms with Crippen LogP contribution in [0.4, 0.5) is 5.69 Å². The van der Waals surface area contributed by atoms with Gasteiger partial charge in [-0.2, -0.15) is 0 Å². The second-order valence-corrected chi connectivity index (χ2v) is 9.97. The Bertz CT molecular complexity index is 1370. The molecule has 1 aliphatic rings. The van der Waals surface area contributed by atoms with Crippen molar-refractivity contribution in [1.82, 2.24) is 0 Å². The highest BCUT2D eigenvalue weighted by Crippen LogP contribution is 2.36. The third-order valence-electron chi connectivity index (χ3n) is 4.76. The summed E-state index contributed by atoms with van der Waals surface area (Å²) in [6, 6.07) is 15.8. The number of ether oxygens (including phenoxy) is 2. The van der Waals surface area contributed by atoms with E-state index in [9.17, 15) is 9.59 Å². The molecule has 1 aliphatic heterocycles. The number of anilines is 1. The molecule has 0 radical (unpaired) electrons. The zero-order chi connectivity index (χ0) is 25.1. The first-order valence-corrected chi connectivity index (χ1v) is 12.5. The predicted octanol–water partition coefficient (Wildman–Crippen LogP) is 7.40. The third-order valence-corrected chi connectivity index (χ3v) is 6.68. The first kappa shape index (κ1) is 25.4. The highest BCUT2D eigenvalue weighted by molar-refractivity contribution is 9.11. The predicted molar refractivity (Wildman–Crippen MR) is 144 cm³/mol. The summed E-state index contributed by atoms with van der Waals surface area (Å²) in [4.78, 5) is 27.9. The average Bonchev–Trinajstić information content (AvgIpc) is 3.15. The third kappa shape index (κ3) is 6.32. The van der Waals surface area contributed by atoms with Gasteiger partial charge in [0.15, 0.2) is 5.70 Å². The van der Waals surface area contributed by atoms with Crippen LogP contribution in [0, 0.1) is 0 Å². The van der Waals surface area contributed by atoms with E-state index in [0.29, 0.717) is 41.6 Å². The lowest BCUT2D eigenvalue weighted by molar-refractivity contribution is -0.129. The first-order chi connectivity index (χ1) is 16.7. The van der Waals surface area contributed by atoms with Crippen molar-refractivity contribution in [2.24, 2.45) is 4.99 Å². The maximum atomic E-state index is 12.4. The second kappa shape index (κ2) is 11.0. The largest absolute Gasteiger partial charge is 0.487 e. The molecular formula is C25H16Br2Cl2N2O4. The van der Waals surface area contributed by atoms with Gasteiger partial charge in [-0.05, 0) is 97.6 Å². The molecule has 0 saturated carbocycles. The number of esters is 1. The van der Waals surface area contributed by atoms with Crippen LogP contribution in [-0.2, 0) is 20.9 Å². The maximum absolute atomic E-state index is 12.4. The Balaban J connectivity index is 1.51. The highest BCUT2D eigenvalue weighted by Gasteiger charge is 2.24. The molecule has 35 heavy (non-hydrogen) atoms. The molecule has 10 heteroatoms. The Morgan fingerprint density at radius 3 is 2.37 bits per heavy atom. The summed E-state index contributed by atoms with van der Waals surface area (Å²) in [5.41, 5.74) is 2.99. The van der Waals surface area contributed by atoms with E-state index in [1.165, 1.54) is 6.92 Å². The molecule has 6 nitrogen and oxygen atoms in total. The van der Waals surface area contributed by atoms with Gasteiger partial charge in [-0.15, -0.1) is 0 Å². The molecule has 1 amide bonds. The average molecular weight is 639 g/mol. The van der Waals surface area contributed by atoms with Crippen molar-refractivity contribution in [2.75, 3.05) is 5.32 Å². The Hall–Kier alpha value is -2.65. The van der Waals surface area contributed by atoms with Crippen molar-refractivity contribution in [3.8, 4) is 5.75 Å². The van der Waals surface area contributed by atoms with Crippen molar-refractivity contribution in [3.05, 3.63) is 96.0 Å². The molecule has 0 aliphatic carbocycles. The zero-order valence-corrected chi connectivity index (χ0v) is 22.8. The summed E-state index contributed by atoms with van der Waals surface area (Å²) in [6.07, 6.45) is 1.62. The molecule has 178 valence electrons. The van der Waals surface area contributed by atoms with E-state index in [1.807, 2.05) is 18.2 Å². The number of hydrogen-bond acceptors (Lipinski definition) is 5.